The summed E-state index contributed by atoms with van der Waals surface area (Å²) in [5, 5.41) is 2.93. The monoisotopic (exact) mass is 341 g/mol. The number of amides is 1. The quantitative estimate of drug-likeness (QED) is 0.872. The van der Waals surface area contributed by atoms with E-state index in [0.717, 1.165) is 44.4 Å². The minimum Gasteiger partial charge on any atom is -0.353 e. The maximum atomic E-state index is 12.2. The van der Waals surface area contributed by atoms with E-state index in [9.17, 15) is 4.79 Å². The Morgan fingerprint density at radius 1 is 1.12 bits per heavy atom. The number of hydrogen-bond acceptors (Lipinski definition) is 7. The predicted octanol–water partition coefficient (Wildman–Crippen LogP) is 1.12. The van der Waals surface area contributed by atoms with Crippen LogP contribution in [0.2, 0.25) is 0 Å². The van der Waals surface area contributed by atoms with Crippen molar-refractivity contribution in [2.24, 2.45) is 0 Å². The number of rotatable bonds is 5. The number of anilines is 2. The lowest BCUT2D eigenvalue weighted by atomic mass is 10.2. The molecule has 3 rings (SSSR count). The van der Waals surface area contributed by atoms with Gasteiger partial charge in [0.1, 0.15) is 17.8 Å². The van der Waals surface area contributed by atoms with Crippen LogP contribution in [0.3, 0.4) is 0 Å². The fourth-order valence-electron chi connectivity index (χ4n) is 2.63. The Kier molecular flexibility index (Phi) is 5.37. The van der Waals surface area contributed by atoms with Crippen molar-refractivity contribution >= 4 is 17.7 Å². The summed E-state index contributed by atoms with van der Waals surface area (Å²) in [4.78, 5) is 33.6. The molecule has 0 spiro atoms. The number of carbonyl (C=O) groups excluding carboxylic acids is 1. The van der Waals surface area contributed by atoms with Gasteiger partial charge in [0.15, 0.2) is 0 Å². The van der Waals surface area contributed by atoms with E-state index in [-0.39, 0.29) is 11.9 Å². The molecule has 1 saturated heterocycles. The molecule has 1 N–H and O–H groups in total. The lowest BCUT2D eigenvalue weighted by Gasteiger charge is -2.35. The summed E-state index contributed by atoms with van der Waals surface area (Å²) in [6.07, 6.45) is 5.84. The molecule has 1 atom stereocenters. The fourth-order valence-corrected chi connectivity index (χ4v) is 2.63. The van der Waals surface area contributed by atoms with E-state index in [2.05, 4.69) is 35.1 Å². The molecule has 3 heterocycles. The Hall–Kier alpha value is -2.77. The summed E-state index contributed by atoms with van der Waals surface area (Å²) in [5.41, 5.74) is 0.402. The van der Waals surface area contributed by atoms with Crippen molar-refractivity contribution < 1.29 is 4.79 Å². The molecule has 2 aromatic heterocycles. The molecule has 0 aromatic carbocycles. The summed E-state index contributed by atoms with van der Waals surface area (Å²) >= 11 is 0. The average molecular weight is 341 g/mol. The van der Waals surface area contributed by atoms with E-state index in [0.29, 0.717) is 5.69 Å². The summed E-state index contributed by atoms with van der Waals surface area (Å²) < 4.78 is 0. The van der Waals surface area contributed by atoms with Gasteiger partial charge in [0.05, 0.1) is 0 Å². The van der Waals surface area contributed by atoms with Gasteiger partial charge < -0.3 is 15.1 Å². The van der Waals surface area contributed by atoms with E-state index >= 15 is 0 Å². The Bertz CT molecular complexity index is 701. The van der Waals surface area contributed by atoms with Crippen LogP contribution < -0.4 is 15.1 Å². The van der Waals surface area contributed by atoms with Crippen LogP contribution in [0.4, 0.5) is 11.8 Å². The first-order valence-corrected chi connectivity index (χ1v) is 8.57. The lowest BCUT2D eigenvalue weighted by molar-refractivity contribution is 0.0934. The third kappa shape index (κ3) is 4.20. The van der Waals surface area contributed by atoms with Crippen molar-refractivity contribution in [3.63, 3.8) is 0 Å². The average Bonchev–Trinajstić information content (AvgIpc) is 2.68. The van der Waals surface area contributed by atoms with Crippen LogP contribution >= 0.6 is 0 Å². The molecule has 1 aliphatic heterocycles. The number of carbonyl (C=O) groups is 1. The molecule has 1 unspecified atom stereocenters. The van der Waals surface area contributed by atoms with Gasteiger partial charge in [0, 0.05) is 50.7 Å². The number of nitrogens with one attached hydrogen (secondary N) is 1. The van der Waals surface area contributed by atoms with Crippen LogP contribution in [0, 0.1) is 0 Å². The minimum absolute atomic E-state index is 0.125. The van der Waals surface area contributed by atoms with Gasteiger partial charge in [-0.25, -0.2) is 19.9 Å². The van der Waals surface area contributed by atoms with E-state index in [4.69, 9.17) is 0 Å². The molecule has 25 heavy (non-hydrogen) atoms. The number of hydrogen-bond donors (Lipinski definition) is 1. The molecule has 0 radical (unpaired) electrons. The van der Waals surface area contributed by atoms with Crippen LogP contribution in [0.25, 0.3) is 0 Å². The van der Waals surface area contributed by atoms with Crippen molar-refractivity contribution in [3.05, 3.63) is 36.5 Å². The third-order valence-corrected chi connectivity index (χ3v) is 4.31. The number of aromatic nitrogens is 4. The van der Waals surface area contributed by atoms with Crippen LogP contribution in [0.15, 0.2) is 30.9 Å². The summed E-state index contributed by atoms with van der Waals surface area (Å²) in [7, 11) is 0. The molecule has 8 nitrogen and oxygen atoms in total. The highest BCUT2D eigenvalue weighted by molar-refractivity contribution is 5.93. The van der Waals surface area contributed by atoms with Gasteiger partial charge in [-0.3, -0.25) is 4.79 Å². The molecule has 0 bridgehead atoms. The summed E-state index contributed by atoms with van der Waals surface area (Å²) in [6.45, 7) is 7.21. The van der Waals surface area contributed by atoms with Gasteiger partial charge >= 0.3 is 0 Å². The Morgan fingerprint density at radius 3 is 2.48 bits per heavy atom. The normalized spacial score (nSPS) is 15.8. The topological polar surface area (TPSA) is 87.1 Å². The predicted molar refractivity (Wildman–Crippen MR) is 95.7 cm³/mol. The number of piperazine rings is 1. The Balaban J connectivity index is 1.64. The highest BCUT2D eigenvalue weighted by atomic mass is 16.1. The standard InChI is InChI=1S/C17H23N7O/c1-3-13(2)22-16(25)14-11-15(21-12-20-14)23-7-9-24(10-8-23)17-18-5-4-6-19-17/h4-6,11-13H,3,7-10H2,1-2H3,(H,22,25). The maximum Gasteiger partial charge on any atom is 0.270 e. The van der Waals surface area contributed by atoms with Gasteiger partial charge in [0.2, 0.25) is 5.95 Å². The van der Waals surface area contributed by atoms with E-state index in [1.54, 1.807) is 18.5 Å². The van der Waals surface area contributed by atoms with E-state index < -0.39 is 0 Å². The van der Waals surface area contributed by atoms with Crippen LogP contribution in [0.1, 0.15) is 30.8 Å². The smallest absolute Gasteiger partial charge is 0.270 e. The van der Waals surface area contributed by atoms with Crippen molar-refractivity contribution in [1.29, 1.82) is 0 Å². The third-order valence-electron chi connectivity index (χ3n) is 4.31. The second kappa shape index (κ2) is 7.87. The van der Waals surface area contributed by atoms with Crippen LogP contribution in [-0.2, 0) is 0 Å². The molecule has 8 heteroatoms. The zero-order valence-electron chi connectivity index (χ0n) is 14.6. The van der Waals surface area contributed by atoms with Gasteiger partial charge in [0.25, 0.3) is 5.91 Å². The first-order valence-electron chi connectivity index (χ1n) is 8.57. The second-order valence-electron chi connectivity index (χ2n) is 6.07. The van der Waals surface area contributed by atoms with Crippen molar-refractivity contribution in [2.45, 2.75) is 26.3 Å². The Labute approximate surface area is 147 Å². The first kappa shape index (κ1) is 17.1. The first-order chi connectivity index (χ1) is 12.2. The van der Waals surface area contributed by atoms with Crippen molar-refractivity contribution in [1.82, 2.24) is 25.3 Å². The van der Waals surface area contributed by atoms with Crippen molar-refractivity contribution in [2.75, 3.05) is 36.0 Å². The van der Waals surface area contributed by atoms with Gasteiger partial charge in [-0.1, -0.05) is 6.92 Å². The highest BCUT2D eigenvalue weighted by Gasteiger charge is 2.21. The second-order valence-corrected chi connectivity index (χ2v) is 6.07. The van der Waals surface area contributed by atoms with Gasteiger partial charge in [-0.15, -0.1) is 0 Å². The summed E-state index contributed by atoms with van der Waals surface area (Å²) in [5.74, 6) is 1.37. The SMILES string of the molecule is CCC(C)NC(=O)c1cc(N2CCN(c3ncccn3)CC2)ncn1. The van der Waals surface area contributed by atoms with Gasteiger partial charge in [-0.05, 0) is 19.4 Å². The zero-order chi connectivity index (χ0) is 17.6. The highest BCUT2D eigenvalue weighted by Crippen LogP contribution is 2.16. The molecule has 1 aliphatic rings. The Morgan fingerprint density at radius 2 is 1.80 bits per heavy atom. The van der Waals surface area contributed by atoms with Crippen LogP contribution in [-0.4, -0.2) is 58.1 Å². The largest absolute Gasteiger partial charge is 0.353 e. The summed E-state index contributed by atoms with van der Waals surface area (Å²) in [6, 6.07) is 3.69. The minimum atomic E-state index is -0.158. The lowest BCUT2D eigenvalue weighted by Crippen LogP contribution is -2.47. The van der Waals surface area contributed by atoms with Crippen LogP contribution in [0.5, 0.6) is 0 Å². The molecular formula is C17H23N7O. The zero-order valence-corrected chi connectivity index (χ0v) is 14.6. The molecule has 0 saturated carbocycles. The van der Waals surface area contributed by atoms with E-state index in [1.165, 1.54) is 6.33 Å². The van der Waals surface area contributed by atoms with Crippen molar-refractivity contribution in [3.8, 4) is 0 Å². The van der Waals surface area contributed by atoms with Gasteiger partial charge in [-0.2, -0.15) is 0 Å². The maximum absolute atomic E-state index is 12.2. The molecule has 0 aliphatic carbocycles. The molecule has 1 amide bonds. The number of nitrogens with zero attached hydrogens (tertiary/aromatic N) is 6. The fraction of sp³-hybridized carbons (Fsp3) is 0.471. The van der Waals surface area contributed by atoms with E-state index in [1.807, 2.05) is 19.9 Å². The molecule has 2 aromatic rings. The molecule has 1 fully saturated rings. The molecular weight excluding hydrogens is 318 g/mol. The molecule has 132 valence electrons.